The zero-order chi connectivity index (χ0) is 19.2. The van der Waals surface area contributed by atoms with Crippen molar-refractivity contribution in [1.29, 1.82) is 0 Å². The van der Waals surface area contributed by atoms with Crippen molar-refractivity contribution in [2.24, 2.45) is 0 Å². The fourth-order valence-electron chi connectivity index (χ4n) is 3.45. The molecule has 0 N–H and O–H groups in total. The zero-order valence-electron chi connectivity index (χ0n) is 14.9. The molecule has 2 aliphatic heterocycles. The largest absolute Gasteiger partial charge is 0.337 e. The van der Waals surface area contributed by atoms with E-state index in [0.29, 0.717) is 24.2 Å². The van der Waals surface area contributed by atoms with Crippen LogP contribution < -0.4 is 0 Å². The summed E-state index contributed by atoms with van der Waals surface area (Å²) in [5.41, 5.74) is 1.08. The Kier molecular flexibility index (Phi) is 4.47. The van der Waals surface area contributed by atoms with E-state index in [-0.39, 0.29) is 29.9 Å². The highest BCUT2D eigenvalue weighted by molar-refractivity contribution is 7.89. The smallest absolute Gasteiger partial charge is 0.243 e. The van der Waals surface area contributed by atoms with Gasteiger partial charge in [-0.15, -0.1) is 5.10 Å². The Balaban J connectivity index is 1.41. The summed E-state index contributed by atoms with van der Waals surface area (Å²) < 4.78 is 41.7. The molecule has 8 nitrogen and oxygen atoms in total. The zero-order valence-corrected chi connectivity index (χ0v) is 15.7. The lowest BCUT2D eigenvalue weighted by Gasteiger charge is -2.37. The predicted octanol–water partition coefficient (Wildman–Crippen LogP) is 1.09. The molecule has 3 heterocycles. The van der Waals surface area contributed by atoms with Gasteiger partial charge in [0.15, 0.2) is 0 Å². The molecule has 27 heavy (non-hydrogen) atoms. The Morgan fingerprint density at radius 3 is 2.74 bits per heavy atom. The van der Waals surface area contributed by atoms with Crippen LogP contribution in [0.1, 0.15) is 30.1 Å². The van der Waals surface area contributed by atoms with Crippen molar-refractivity contribution in [3.05, 3.63) is 41.5 Å². The number of carbonyl (C=O) groups excluding carboxylic acids is 1. The molecule has 144 valence electrons. The molecule has 1 aromatic carbocycles. The summed E-state index contributed by atoms with van der Waals surface area (Å²) in [6, 6.07) is 3.57. The van der Waals surface area contributed by atoms with Crippen molar-refractivity contribution in [3.8, 4) is 0 Å². The van der Waals surface area contributed by atoms with Crippen molar-refractivity contribution in [3.63, 3.8) is 0 Å². The molecule has 2 fully saturated rings. The topological polar surface area (TPSA) is 88.4 Å². The number of sulfonamides is 1. The highest BCUT2D eigenvalue weighted by Gasteiger charge is 2.39. The summed E-state index contributed by atoms with van der Waals surface area (Å²) in [4.78, 5) is 13.6. The Labute approximate surface area is 156 Å². The number of benzene rings is 1. The average Bonchev–Trinajstić information content (AvgIpc) is 3.15. The molecule has 2 aromatic rings. The Morgan fingerprint density at radius 1 is 1.30 bits per heavy atom. The number of likely N-dealkylation sites (tertiary alicyclic amines) is 1. The van der Waals surface area contributed by atoms with Gasteiger partial charge in [0.25, 0.3) is 0 Å². The maximum absolute atomic E-state index is 13.2. The van der Waals surface area contributed by atoms with Gasteiger partial charge in [-0.3, -0.25) is 4.79 Å². The molecule has 0 aliphatic carbocycles. The summed E-state index contributed by atoms with van der Waals surface area (Å²) in [6.45, 7) is 3.31. The second-order valence-corrected chi connectivity index (χ2v) is 8.90. The first-order valence-corrected chi connectivity index (χ1v) is 10.2. The minimum absolute atomic E-state index is 0.101. The fraction of sp³-hybridized carbons (Fsp3) is 0.471. The second kappa shape index (κ2) is 6.68. The van der Waals surface area contributed by atoms with Crippen LogP contribution in [0.3, 0.4) is 0 Å². The van der Waals surface area contributed by atoms with Crippen molar-refractivity contribution >= 4 is 15.9 Å². The third-order valence-corrected chi connectivity index (χ3v) is 7.03. The van der Waals surface area contributed by atoms with Gasteiger partial charge in [-0.1, -0.05) is 5.21 Å². The summed E-state index contributed by atoms with van der Waals surface area (Å²) in [7, 11) is -3.66. The number of aryl methyl sites for hydroxylation is 1. The van der Waals surface area contributed by atoms with E-state index in [9.17, 15) is 17.6 Å². The van der Waals surface area contributed by atoms with Gasteiger partial charge in [0.2, 0.25) is 15.9 Å². The number of amides is 1. The monoisotopic (exact) mass is 393 g/mol. The first-order chi connectivity index (χ1) is 12.8. The van der Waals surface area contributed by atoms with Gasteiger partial charge >= 0.3 is 0 Å². The molecule has 1 aromatic heterocycles. The van der Waals surface area contributed by atoms with E-state index in [1.807, 2.05) is 0 Å². The predicted molar refractivity (Wildman–Crippen MR) is 93.6 cm³/mol. The van der Waals surface area contributed by atoms with Crippen molar-refractivity contribution in [1.82, 2.24) is 24.2 Å². The number of rotatable bonds is 5. The SMILES string of the molecule is Cc1cc(F)ccc1S(=O)(=O)N1CC(n2cc(CN3CCCC3=O)nn2)C1. The van der Waals surface area contributed by atoms with Crippen LogP contribution in [0.4, 0.5) is 4.39 Å². The summed E-state index contributed by atoms with van der Waals surface area (Å²) in [5, 5.41) is 8.18. The van der Waals surface area contributed by atoms with Crippen LogP contribution in [0.2, 0.25) is 0 Å². The quantitative estimate of drug-likeness (QED) is 0.759. The van der Waals surface area contributed by atoms with Gasteiger partial charge in [-0.05, 0) is 37.1 Å². The van der Waals surface area contributed by atoms with Gasteiger partial charge in [0.05, 0.1) is 23.7 Å². The summed E-state index contributed by atoms with van der Waals surface area (Å²) in [6.07, 6.45) is 3.21. The minimum Gasteiger partial charge on any atom is -0.337 e. The lowest BCUT2D eigenvalue weighted by Crippen LogP contribution is -2.50. The highest BCUT2D eigenvalue weighted by Crippen LogP contribution is 2.29. The average molecular weight is 393 g/mol. The molecule has 0 atom stereocenters. The van der Waals surface area contributed by atoms with Crippen LogP contribution in [-0.2, 0) is 21.4 Å². The van der Waals surface area contributed by atoms with Gasteiger partial charge < -0.3 is 4.90 Å². The highest BCUT2D eigenvalue weighted by atomic mass is 32.2. The first-order valence-electron chi connectivity index (χ1n) is 8.79. The Bertz CT molecular complexity index is 984. The Morgan fingerprint density at radius 2 is 2.07 bits per heavy atom. The van der Waals surface area contributed by atoms with Crippen LogP contribution >= 0.6 is 0 Å². The van der Waals surface area contributed by atoms with Crippen LogP contribution in [-0.4, -0.2) is 58.2 Å². The number of halogens is 1. The molecule has 10 heteroatoms. The van der Waals surface area contributed by atoms with Crippen molar-refractivity contribution in [2.45, 2.75) is 37.2 Å². The van der Waals surface area contributed by atoms with E-state index in [4.69, 9.17) is 0 Å². The molecule has 0 bridgehead atoms. The van der Waals surface area contributed by atoms with E-state index in [1.54, 1.807) is 22.7 Å². The van der Waals surface area contributed by atoms with E-state index in [2.05, 4.69) is 10.3 Å². The van der Waals surface area contributed by atoms with Crippen molar-refractivity contribution in [2.75, 3.05) is 19.6 Å². The third kappa shape index (κ3) is 3.34. The number of nitrogens with zero attached hydrogens (tertiary/aromatic N) is 5. The van der Waals surface area contributed by atoms with E-state index in [0.717, 1.165) is 19.0 Å². The number of aromatic nitrogens is 3. The standard InChI is InChI=1S/C17H20FN5O3S/c1-12-7-13(18)4-5-16(12)27(25,26)22-10-15(11-22)23-9-14(19-20-23)8-21-6-2-3-17(21)24/h4-5,7,9,15H,2-3,6,8,10-11H2,1H3. The van der Waals surface area contributed by atoms with Crippen LogP contribution in [0.5, 0.6) is 0 Å². The van der Waals surface area contributed by atoms with E-state index < -0.39 is 15.8 Å². The normalized spacial score (nSPS) is 18.9. The van der Waals surface area contributed by atoms with Gasteiger partial charge in [-0.25, -0.2) is 17.5 Å². The van der Waals surface area contributed by atoms with Gasteiger partial charge in [-0.2, -0.15) is 4.31 Å². The lowest BCUT2D eigenvalue weighted by molar-refractivity contribution is -0.128. The summed E-state index contributed by atoms with van der Waals surface area (Å²) in [5.74, 6) is -0.334. The number of hydrogen-bond donors (Lipinski definition) is 0. The Hall–Kier alpha value is -2.33. The second-order valence-electron chi connectivity index (χ2n) is 6.99. The molecular weight excluding hydrogens is 373 g/mol. The van der Waals surface area contributed by atoms with Crippen LogP contribution in [0, 0.1) is 12.7 Å². The van der Waals surface area contributed by atoms with Gasteiger partial charge in [0, 0.05) is 26.1 Å². The molecule has 0 spiro atoms. The molecule has 2 saturated heterocycles. The van der Waals surface area contributed by atoms with Crippen LogP contribution in [0.15, 0.2) is 29.3 Å². The molecule has 1 amide bonds. The van der Waals surface area contributed by atoms with Crippen LogP contribution in [0.25, 0.3) is 0 Å². The molecule has 0 saturated carbocycles. The summed E-state index contributed by atoms with van der Waals surface area (Å²) >= 11 is 0. The van der Waals surface area contributed by atoms with E-state index in [1.165, 1.54) is 16.4 Å². The lowest BCUT2D eigenvalue weighted by atomic mass is 10.2. The van der Waals surface area contributed by atoms with E-state index >= 15 is 0 Å². The maximum atomic E-state index is 13.2. The number of carbonyl (C=O) groups is 1. The molecule has 0 unspecified atom stereocenters. The minimum atomic E-state index is -3.66. The first kappa shape index (κ1) is 18.1. The fourth-order valence-corrected chi connectivity index (χ4v) is 5.17. The molecular formula is C17H20FN5O3S. The number of hydrogen-bond acceptors (Lipinski definition) is 5. The third-order valence-electron chi connectivity index (χ3n) is 5.04. The molecule has 0 radical (unpaired) electrons. The maximum Gasteiger partial charge on any atom is 0.243 e. The molecule has 4 rings (SSSR count). The molecule has 2 aliphatic rings. The van der Waals surface area contributed by atoms with Crippen molar-refractivity contribution < 1.29 is 17.6 Å². The van der Waals surface area contributed by atoms with Gasteiger partial charge in [0.1, 0.15) is 11.5 Å².